The predicted octanol–water partition coefficient (Wildman–Crippen LogP) is 19.5. The first-order chi connectivity index (χ1) is 37.3. The van der Waals surface area contributed by atoms with Gasteiger partial charge in [0.1, 0.15) is 17.5 Å². The molecule has 11 aromatic rings. The van der Waals surface area contributed by atoms with Crippen LogP contribution in [0.25, 0.3) is 72.1 Å². The Morgan fingerprint density at radius 1 is 0.526 bits per heavy atom. The normalized spacial score (nSPS) is 12.4. The number of anilines is 4. The van der Waals surface area contributed by atoms with Crippen molar-refractivity contribution in [3.63, 3.8) is 0 Å². The fraction of sp³-hybridized carbons (Fsp3) is 0.143. The van der Waals surface area contributed by atoms with E-state index in [2.05, 4.69) is 209 Å². The molecule has 390 valence electrons. The van der Waals surface area contributed by atoms with Crippen molar-refractivity contribution < 1.29 is 34.6 Å². The van der Waals surface area contributed by atoms with E-state index < -0.39 is 11.6 Å². The number of ether oxygens (including phenoxy) is 1. The minimum Gasteiger partial charge on any atom is -0.509 e. The monoisotopic (exact) mass is 1200 g/mol. The van der Waals surface area contributed by atoms with E-state index in [1.165, 1.54) is 34.4 Å². The molecular weight excluding hydrogens is 1150 g/mol. The Morgan fingerprint density at radius 2 is 1.14 bits per heavy atom. The van der Waals surface area contributed by atoms with Crippen LogP contribution in [-0.2, 0) is 26.5 Å². The molecule has 0 atom stereocenters. The molecule has 0 saturated carbocycles. The van der Waals surface area contributed by atoms with Gasteiger partial charge in [-0.3, -0.25) is 0 Å². The Hall–Kier alpha value is -8.12. The number of hydrogen-bond acceptors (Lipinski definition) is 4. The van der Waals surface area contributed by atoms with Crippen LogP contribution in [-0.4, -0.2) is 9.55 Å². The van der Waals surface area contributed by atoms with Crippen LogP contribution < -0.4 is 14.5 Å². The summed E-state index contributed by atoms with van der Waals surface area (Å²) in [5.74, 6) is 0.876. The summed E-state index contributed by atoms with van der Waals surface area (Å²) < 4.78 is 39.7. The first-order valence-electron chi connectivity index (χ1n) is 26.4. The number of nitrogens with zero attached hydrogens (tertiary/aromatic N) is 4. The predicted molar refractivity (Wildman–Crippen MR) is 313 cm³/mol. The van der Waals surface area contributed by atoms with Crippen molar-refractivity contribution in [2.45, 2.75) is 65.7 Å². The first kappa shape index (κ1) is 52.0. The largest absolute Gasteiger partial charge is 0.509 e. The average molecular weight is 1200 g/mol. The molecule has 0 aliphatic carbocycles. The van der Waals surface area contributed by atoms with Crippen LogP contribution in [0.15, 0.2) is 200 Å². The van der Waals surface area contributed by atoms with Gasteiger partial charge < -0.3 is 19.1 Å². The van der Waals surface area contributed by atoms with Crippen LogP contribution in [0.4, 0.5) is 31.5 Å². The average Bonchev–Trinajstić information content (AvgIpc) is 4.11. The van der Waals surface area contributed by atoms with E-state index in [1.807, 2.05) is 54.7 Å². The molecule has 0 unspecified atom stereocenters. The number of hydrogen-bond donors (Lipinski definition) is 0. The SMILES string of the molecule is CC(C)c1cc(-c2ccccc2)cc(C(C)C)c1-c1cc(Oc2[c-]c3c(cc2)c2ccccc2n3-c2cc(C(C)(C)C)ccn2)[c-]c(N2[CH-]N(c3c(-c4ccccc4)cccc3-c3cc(F)cc(F)c3)c3ccccc32)c1.[Pt]. The van der Waals surface area contributed by atoms with E-state index >= 15 is 8.78 Å². The maximum Gasteiger partial charge on any atom is 0.135 e. The molecule has 0 N–H and O–H groups in total. The van der Waals surface area contributed by atoms with Gasteiger partial charge in [0.05, 0.1) is 0 Å². The second-order valence-corrected chi connectivity index (χ2v) is 21.6. The van der Waals surface area contributed by atoms with Crippen LogP contribution >= 0.6 is 0 Å². The smallest absolute Gasteiger partial charge is 0.135 e. The van der Waals surface area contributed by atoms with E-state index in [1.54, 1.807) is 0 Å². The zero-order valence-electron chi connectivity index (χ0n) is 44.6. The molecule has 0 amide bonds. The van der Waals surface area contributed by atoms with Gasteiger partial charge in [0.15, 0.2) is 0 Å². The Bertz CT molecular complexity index is 3980. The number of pyridine rings is 1. The zero-order valence-corrected chi connectivity index (χ0v) is 46.8. The van der Waals surface area contributed by atoms with Crippen molar-refractivity contribution in [2.75, 3.05) is 9.80 Å². The molecule has 0 bridgehead atoms. The van der Waals surface area contributed by atoms with Gasteiger partial charge in [-0.15, -0.1) is 53.6 Å². The number of halogens is 2. The summed E-state index contributed by atoms with van der Waals surface area (Å²) in [6, 6.07) is 71.8. The van der Waals surface area contributed by atoms with Crippen molar-refractivity contribution in [3.05, 3.63) is 247 Å². The summed E-state index contributed by atoms with van der Waals surface area (Å²) in [7, 11) is 0. The summed E-state index contributed by atoms with van der Waals surface area (Å²) in [6.45, 7) is 17.7. The van der Waals surface area contributed by atoms with Gasteiger partial charge >= 0.3 is 0 Å². The molecule has 1 aliphatic heterocycles. The van der Waals surface area contributed by atoms with Gasteiger partial charge in [0.25, 0.3) is 0 Å². The topological polar surface area (TPSA) is 33.5 Å². The van der Waals surface area contributed by atoms with Crippen molar-refractivity contribution >= 4 is 44.6 Å². The third kappa shape index (κ3) is 9.70. The van der Waals surface area contributed by atoms with Crippen LogP contribution in [0, 0.1) is 30.4 Å². The Balaban J connectivity index is 0.00000645. The van der Waals surface area contributed by atoms with Crippen LogP contribution in [0.2, 0.25) is 0 Å². The summed E-state index contributed by atoms with van der Waals surface area (Å²) in [5.41, 5.74) is 16.1. The quantitative estimate of drug-likeness (QED) is 0.121. The van der Waals surface area contributed by atoms with Crippen LogP contribution in [0.5, 0.6) is 11.5 Å². The molecular formula is C70H57F2N4OPt-3. The minimum absolute atomic E-state index is 0. The van der Waals surface area contributed by atoms with E-state index in [0.29, 0.717) is 22.6 Å². The second kappa shape index (κ2) is 21.0. The fourth-order valence-electron chi connectivity index (χ4n) is 11.0. The van der Waals surface area contributed by atoms with Gasteiger partial charge in [0.2, 0.25) is 0 Å². The molecule has 9 aromatic carbocycles. The molecule has 0 radical (unpaired) electrons. The molecule has 3 heterocycles. The number of fused-ring (bicyclic) bond motifs is 4. The molecule has 0 saturated heterocycles. The molecule has 12 rings (SSSR count). The van der Waals surface area contributed by atoms with Gasteiger partial charge in [-0.05, 0) is 110 Å². The zero-order chi connectivity index (χ0) is 53.1. The molecule has 8 heteroatoms. The molecule has 0 spiro atoms. The summed E-state index contributed by atoms with van der Waals surface area (Å²) in [4.78, 5) is 9.21. The van der Waals surface area contributed by atoms with E-state index in [4.69, 9.17) is 9.72 Å². The van der Waals surface area contributed by atoms with Crippen LogP contribution in [0.3, 0.4) is 0 Å². The maximum absolute atomic E-state index is 15.2. The van der Waals surface area contributed by atoms with E-state index in [-0.39, 0.29) is 38.3 Å². The maximum atomic E-state index is 15.2. The van der Waals surface area contributed by atoms with Gasteiger partial charge in [-0.25, -0.2) is 13.8 Å². The van der Waals surface area contributed by atoms with Gasteiger partial charge in [-0.1, -0.05) is 175 Å². The summed E-state index contributed by atoms with van der Waals surface area (Å²) in [5, 5.41) is 2.13. The van der Waals surface area contributed by atoms with E-state index in [0.717, 1.165) is 84.3 Å². The summed E-state index contributed by atoms with van der Waals surface area (Å²) in [6.07, 6.45) is 1.89. The number of benzene rings is 9. The third-order valence-electron chi connectivity index (χ3n) is 14.7. The molecule has 5 nitrogen and oxygen atoms in total. The molecule has 78 heavy (non-hydrogen) atoms. The number of para-hydroxylation sites is 4. The Labute approximate surface area is 470 Å². The Kier molecular flexibility index (Phi) is 14.0. The molecule has 1 aliphatic rings. The van der Waals surface area contributed by atoms with Crippen molar-refractivity contribution in [1.29, 1.82) is 0 Å². The number of aromatic nitrogens is 2. The standard InChI is InChI=1S/C70H57F2N4O.Pt/c1-44(2)61-37-48(46-19-10-8-11-20-46)38-62(45(3)4)68(61)50-35-54(41-56(36-50)77-55-29-30-60-59-23-14-15-26-63(59)76(66(60)42-55)67-39-51(31-32-73-67)70(5,6)7)74-43-75(65-28-17-16-27-64(65)74)69-57(47-21-12-9-13-22-47)24-18-25-58(69)49-33-52(71)40-53(72)34-49;/h8-40,43-45H,1-7H3;/q-3;. The van der Waals surface area contributed by atoms with Crippen molar-refractivity contribution in [2.24, 2.45) is 0 Å². The van der Waals surface area contributed by atoms with Crippen molar-refractivity contribution in [3.8, 4) is 61.8 Å². The summed E-state index contributed by atoms with van der Waals surface area (Å²) >= 11 is 0. The minimum atomic E-state index is -0.648. The van der Waals surface area contributed by atoms with E-state index in [9.17, 15) is 0 Å². The molecule has 0 fully saturated rings. The first-order valence-corrected chi connectivity index (χ1v) is 26.4. The fourth-order valence-corrected chi connectivity index (χ4v) is 11.0. The van der Waals surface area contributed by atoms with Crippen LogP contribution in [0.1, 0.15) is 77.0 Å². The molecule has 2 aromatic heterocycles. The second-order valence-electron chi connectivity index (χ2n) is 21.6. The van der Waals surface area contributed by atoms with Gasteiger partial charge in [0, 0.05) is 78.5 Å². The van der Waals surface area contributed by atoms with Crippen molar-refractivity contribution in [1.82, 2.24) is 9.55 Å². The Morgan fingerprint density at radius 3 is 1.81 bits per heavy atom. The van der Waals surface area contributed by atoms with Gasteiger partial charge in [-0.2, -0.15) is 6.07 Å². The number of rotatable bonds is 11. The third-order valence-corrected chi connectivity index (χ3v) is 14.7.